The maximum absolute atomic E-state index is 12.7. The summed E-state index contributed by atoms with van der Waals surface area (Å²) in [5.74, 6) is -0.0573. The van der Waals surface area contributed by atoms with Gasteiger partial charge in [0.1, 0.15) is 0 Å². The number of piperazine rings is 1. The summed E-state index contributed by atoms with van der Waals surface area (Å²) in [6.07, 6.45) is 0. The quantitative estimate of drug-likeness (QED) is 0.819. The Morgan fingerprint density at radius 3 is 2.32 bits per heavy atom. The first kappa shape index (κ1) is 19.4. The molecule has 2 saturated heterocycles. The minimum atomic E-state index is -3.66. The molecule has 6 nitrogen and oxygen atoms in total. The van der Waals surface area contributed by atoms with E-state index in [2.05, 4.69) is 10.2 Å². The monoisotopic (exact) mass is 419 g/mol. The van der Waals surface area contributed by atoms with Crippen LogP contribution >= 0.6 is 11.6 Å². The van der Waals surface area contributed by atoms with Crippen molar-refractivity contribution in [3.63, 3.8) is 0 Å². The molecule has 2 fully saturated rings. The third kappa shape index (κ3) is 3.80. The van der Waals surface area contributed by atoms with E-state index < -0.39 is 9.84 Å². The van der Waals surface area contributed by atoms with Gasteiger partial charge < -0.3 is 10.2 Å². The predicted molar refractivity (Wildman–Crippen MR) is 107 cm³/mol. The number of hydrogen-bond donors (Lipinski definition) is 1. The summed E-state index contributed by atoms with van der Waals surface area (Å²) >= 11 is 5.91. The van der Waals surface area contributed by atoms with Gasteiger partial charge in [0.2, 0.25) is 9.84 Å². The van der Waals surface area contributed by atoms with Crippen molar-refractivity contribution in [1.82, 2.24) is 15.1 Å². The van der Waals surface area contributed by atoms with E-state index >= 15 is 0 Å². The molecule has 28 heavy (non-hydrogen) atoms. The lowest BCUT2D eigenvalue weighted by Crippen LogP contribution is -2.63. The van der Waals surface area contributed by atoms with Gasteiger partial charge in [0.25, 0.3) is 5.91 Å². The fraction of sp³-hybridized carbons (Fsp3) is 0.350. The van der Waals surface area contributed by atoms with E-state index in [1.165, 1.54) is 24.3 Å². The minimum Gasteiger partial charge on any atom is -0.335 e. The molecule has 0 radical (unpaired) electrons. The van der Waals surface area contributed by atoms with E-state index in [-0.39, 0.29) is 15.7 Å². The van der Waals surface area contributed by atoms with Crippen molar-refractivity contribution < 1.29 is 13.2 Å². The molecule has 0 aromatic heterocycles. The Morgan fingerprint density at radius 2 is 1.68 bits per heavy atom. The number of likely N-dealkylation sites (tertiary alicyclic amines) is 1. The van der Waals surface area contributed by atoms with Crippen LogP contribution in [-0.2, 0) is 9.84 Å². The number of nitrogens with one attached hydrogen (secondary N) is 1. The Kier molecular flexibility index (Phi) is 5.42. The van der Waals surface area contributed by atoms with Crippen LogP contribution in [0.5, 0.6) is 0 Å². The van der Waals surface area contributed by atoms with Gasteiger partial charge in [-0.3, -0.25) is 9.69 Å². The molecule has 2 heterocycles. The summed E-state index contributed by atoms with van der Waals surface area (Å²) in [4.78, 5) is 17.2. The lowest BCUT2D eigenvalue weighted by molar-refractivity contribution is 0.0227. The second kappa shape index (κ2) is 7.83. The van der Waals surface area contributed by atoms with Crippen LogP contribution < -0.4 is 5.32 Å². The molecule has 1 N–H and O–H groups in total. The van der Waals surface area contributed by atoms with Gasteiger partial charge >= 0.3 is 0 Å². The molecule has 0 spiro atoms. The number of halogens is 1. The summed E-state index contributed by atoms with van der Waals surface area (Å²) in [6, 6.07) is 12.7. The van der Waals surface area contributed by atoms with Gasteiger partial charge in [-0.15, -0.1) is 0 Å². The average Bonchev–Trinajstić information content (AvgIpc) is 2.68. The number of rotatable bonds is 4. The molecule has 0 saturated carbocycles. The Morgan fingerprint density at radius 1 is 1.00 bits per heavy atom. The second-order valence-corrected chi connectivity index (χ2v) is 9.52. The number of benzene rings is 2. The van der Waals surface area contributed by atoms with E-state index in [4.69, 9.17) is 11.6 Å². The van der Waals surface area contributed by atoms with Crippen LogP contribution in [-0.4, -0.2) is 69.4 Å². The first-order valence-electron chi connectivity index (χ1n) is 9.30. The molecular formula is C20H22ClN3O3S. The third-order valence-electron chi connectivity index (χ3n) is 5.34. The van der Waals surface area contributed by atoms with Gasteiger partial charge in [-0.1, -0.05) is 17.7 Å². The summed E-state index contributed by atoms with van der Waals surface area (Å²) in [7, 11) is -3.66. The highest BCUT2D eigenvalue weighted by atomic mass is 35.5. The number of amides is 1. The summed E-state index contributed by atoms with van der Waals surface area (Å²) in [5, 5.41) is 3.70. The highest BCUT2D eigenvalue weighted by Gasteiger charge is 2.35. The molecule has 1 amide bonds. The Hall–Kier alpha value is -1.93. The molecule has 148 valence electrons. The predicted octanol–water partition coefficient (Wildman–Crippen LogP) is 1.90. The minimum absolute atomic E-state index is 0.0573. The zero-order chi connectivity index (χ0) is 19.7. The van der Waals surface area contributed by atoms with E-state index in [9.17, 15) is 13.2 Å². The SMILES string of the molecule is O=C(c1ccc(S(=O)(=O)c2cccc(Cl)c2)cc1)N1CC(N2CCNCC2)C1. The first-order valence-corrected chi connectivity index (χ1v) is 11.2. The van der Waals surface area contributed by atoms with Crippen molar-refractivity contribution in [2.45, 2.75) is 15.8 Å². The number of carbonyl (C=O) groups is 1. The zero-order valence-electron chi connectivity index (χ0n) is 15.3. The summed E-state index contributed by atoms with van der Waals surface area (Å²) in [6.45, 7) is 5.47. The fourth-order valence-corrected chi connectivity index (χ4v) is 5.19. The lowest BCUT2D eigenvalue weighted by atomic mass is 10.0. The maximum Gasteiger partial charge on any atom is 0.253 e. The van der Waals surface area contributed by atoms with E-state index in [0.717, 1.165) is 39.3 Å². The topological polar surface area (TPSA) is 69.7 Å². The molecule has 0 aliphatic carbocycles. The van der Waals surface area contributed by atoms with Crippen LogP contribution in [0.4, 0.5) is 0 Å². The lowest BCUT2D eigenvalue weighted by Gasteiger charge is -2.46. The van der Waals surface area contributed by atoms with Gasteiger partial charge in [-0.25, -0.2) is 8.42 Å². The summed E-state index contributed by atoms with van der Waals surface area (Å²) < 4.78 is 25.4. The Bertz CT molecular complexity index is 966. The number of hydrogen-bond acceptors (Lipinski definition) is 5. The largest absolute Gasteiger partial charge is 0.335 e. The van der Waals surface area contributed by atoms with Crippen LogP contribution in [0.15, 0.2) is 58.3 Å². The normalized spacial score (nSPS) is 18.7. The molecule has 8 heteroatoms. The Labute approximate surface area is 170 Å². The molecule has 0 atom stereocenters. The number of carbonyl (C=O) groups excluding carboxylic acids is 1. The van der Waals surface area contributed by atoms with Crippen molar-refractivity contribution in [2.75, 3.05) is 39.3 Å². The van der Waals surface area contributed by atoms with Gasteiger partial charge in [0, 0.05) is 55.9 Å². The van der Waals surface area contributed by atoms with Crippen LogP contribution in [0.1, 0.15) is 10.4 Å². The molecular weight excluding hydrogens is 398 g/mol. The van der Waals surface area contributed by atoms with E-state index in [0.29, 0.717) is 16.6 Å². The van der Waals surface area contributed by atoms with Crippen molar-refractivity contribution in [3.8, 4) is 0 Å². The highest BCUT2D eigenvalue weighted by molar-refractivity contribution is 7.91. The summed E-state index contributed by atoms with van der Waals surface area (Å²) in [5.41, 5.74) is 0.504. The molecule has 2 aliphatic heterocycles. The van der Waals surface area contributed by atoms with Crippen LogP contribution in [0.3, 0.4) is 0 Å². The zero-order valence-corrected chi connectivity index (χ0v) is 16.9. The van der Waals surface area contributed by atoms with Gasteiger partial charge in [0.15, 0.2) is 0 Å². The van der Waals surface area contributed by atoms with Crippen molar-refractivity contribution in [3.05, 3.63) is 59.1 Å². The molecule has 2 aromatic carbocycles. The van der Waals surface area contributed by atoms with Crippen LogP contribution in [0.2, 0.25) is 5.02 Å². The standard InChI is InChI=1S/C20H22ClN3O3S/c21-16-2-1-3-19(12-16)28(26,27)18-6-4-15(5-7-18)20(25)24-13-17(14-24)23-10-8-22-9-11-23/h1-7,12,17,22H,8-11,13-14H2. The third-order valence-corrected chi connectivity index (χ3v) is 7.34. The van der Waals surface area contributed by atoms with Gasteiger partial charge in [0.05, 0.1) is 9.79 Å². The number of nitrogens with zero attached hydrogens (tertiary/aromatic N) is 2. The van der Waals surface area contributed by atoms with E-state index in [1.807, 2.05) is 4.90 Å². The van der Waals surface area contributed by atoms with Crippen LogP contribution in [0.25, 0.3) is 0 Å². The first-order chi connectivity index (χ1) is 13.4. The smallest absolute Gasteiger partial charge is 0.253 e. The second-order valence-electron chi connectivity index (χ2n) is 7.14. The van der Waals surface area contributed by atoms with Crippen molar-refractivity contribution in [2.24, 2.45) is 0 Å². The molecule has 2 aliphatic rings. The van der Waals surface area contributed by atoms with Crippen molar-refractivity contribution >= 4 is 27.3 Å². The van der Waals surface area contributed by atoms with Crippen LogP contribution in [0, 0.1) is 0 Å². The molecule has 4 rings (SSSR count). The maximum atomic E-state index is 12.7. The molecule has 0 unspecified atom stereocenters. The molecule has 0 bridgehead atoms. The van der Waals surface area contributed by atoms with Gasteiger partial charge in [-0.2, -0.15) is 0 Å². The molecule has 2 aromatic rings. The van der Waals surface area contributed by atoms with Crippen molar-refractivity contribution in [1.29, 1.82) is 0 Å². The Balaban J connectivity index is 1.43. The van der Waals surface area contributed by atoms with E-state index in [1.54, 1.807) is 24.3 Å². The average molecular weight is 420 g/mol. The van der Waals surface area contributed by atoms with Gasteiger partial charge in [-0.05, 0) is 42.5 Å². The number of sulfone groups is 1. The highest BCUT2D eigenvalue weighted by Crippen LogP contribution is 2.25. The fourth-order valence-electron chi connectivity index (χ4n) is 3.63.